The van der Waals surface area contributed by atoms with E-state index in [-0.39, 0.29) is 18.8 Å². The van der Waals surface area contributed by atoms with E-state index in [1.54, 1.807) is 0 Å². The van der Waals surface area contributed by atoms with Crippen molar-refractivity contribution in [3.63, 3.8) is 0 Å². The molecule has 0 bridgehead atoms. The zero-order valence-electron chi connectivity index (χ0n) is 11.9. The number of ether oxygens (including phenoxy) is 1. The van der Waals surface area contributed by atoms with Crippen LogP contribution in [0, 0.1) is 0 Å². The Morgan fingerprint density at radius 1 is 1.15 bits per heavy atom. The van der Waals surface area contributed by atoms with E-state index in [0.29, 0.717) is 6.54 Å². The Balaban J connectivity index is 1.72. The Morgan fingerprint density at radius 2 is 1.85 bits per heavy atom. The molecule has 1 saturated carbocycles. The lowest BCUT2D eigenvalue weighted by Gasteiger charge is -2.37. The Kier molecular flexibility index (Phi) is 5.83. The van der Waals surface area contributed by atoms with Gasteiger partial charge in [-0.15, -0.1) is 0 Å². The van der Waals surface area contributed by atoms with Crippen LogP contribution < -0.4 is 10.1 Å². The fourth-order valence-electron chi connectivity index (χ4n) is 2.72. The lowest BCUT2D eigenvalue weighted by molar-refractivity contribution is 0.0711. The highest BCUT2D eigenvalue weighted by atomic mass is 16.5. The Labute approximate surface area is 120 Å². The van der Waals surface area contributed by atoms with E-state index in [1.807, 2.05) is 30.3 Å². The van der Waals surface area contributed by atoms with Gasteiger partial charge in [-0.2, -0.15) is 0 Å². The maximum Gasteiger partial charge on any atom is 0.119 e. The molecule has 1 unspecified atom stereocenters. The second kappa shape index (κ2) is 7.62. The summed E-state index contributed by atoms with van der Waals surface area (Å²) in [6.45, 7) is 0.852. The molecule has 1 aliphatic carbocycles. The van der Waals surface area contributed by atoms with Gasteiger partial charge in [-0.25, -0.2) is 0 Å². The smallest absolute Gasteiger partial charge is 0.119 e. The molecule has 4 nitrogen and oxygen atoms in total. The molecule has 112 valence electrons. The van der Waals surface area contributed by atoms with E-state index >= 15 is 0 Å². The Hall–Kier alpha value is -1.10. The molecule has 0 heterocycles. The zero-order valence-corrected chi connectivity index (χ0v) is 11.9. The molecule has 1 atom stereocenters. The standard InChI is InChI=1S/C16H25NO3/c18-13-16(9-5-2-6-10-16)17-11-14(19)12-20-15-7-3-1-4-8-15/h1,3-4,7-8,14,17-19H,2,5-6,9-13H2. The van der Waals surface area contributed by atoms with Crippen molar-refractivity contribution in [2.24, 2.45) is 0 Å². The number of hydrogen-bond donors (Lipinski definition) is 3. The first-order valence-corrected chi connectivity index (χ1v) is 7.46. The van der Waals surface area contributed by atoms with Gasteiger partial charge in [-0.1, -0.05) is 37.5 Å². The summed E-state index contributed by atoms with van der Waals surface area (Å²) in [6, 6.07) is 9.48. The van der Waals surface area contributed by atoms with Crippen LogP contribution in [0.3, 0.4) is 0 Å². The summed E-state index contributed by atoms with van der Waals surface area (Å²) in [5.41, 5.74) is -0.202. The molecule has 0 saturated heterocycles. The molecule has 20 heavy (non-hydrogen) atoms. The van der Waals surface area contributed by atoms with Gasteiger partial charge in [0.05, 0.1) is 6.61 Å². The minimum absolute atomic E-state index is 0.138. The summed E-state index contributed by atoms with van der Waals surface area (Å²) >= 11 is 0. The van der Waals surface area contributed by atoms with E-state index in [2.05, 4.69) is 5.32 Å². The third-order valence-corrected chi connectivity index (χ3v) is 4.01. The highest BCUT2D eigenvalue weighted by Crippen LogP contribution is 2.27. The first-order chi connectivity index (χ1) is 9.74. The van der Waals surface area contributed by atoms with E-state index in [9.17, 15) is 10.2 Å². The average molecular weight is 279 g/mol. The third-order valence-electron chi connectivity index (χ3n) is 4.01. The first-order valence-electron chi connectivity index (χ1n) is 7.46. The number of hydrogen-bond acceptors (Lipinski definition) is 4. The number of aliphatic hydroxyl groups is 2. The van der Waals surface area contributed by atoms with Gasteiger partial charge in [0, 0.05) is 12.1 Å². The second-order valence-electron chi connectivity index (χ2n) is 5.66. The molecule has 0 radical (unpaired) electrons. The van der Waals surface area contributed by atoms with Crippen LogP contribution in [-0.2, 0) is 0 Å². The van der Waals surface area contributed by atoms with Crippen LogP contribution in [0.15, 0.2) is 30.3 Å². The second-order valence-corrected chi connectivity index (χ2v) is 5.66. The fourth-order valence-corrected chi connectivity index (χ4v) is 2.72. The maximum atomic E-state index is 9.98. The predicted octanol–water partition coefficient (Wildman–Crippen LogP) is 1.71. The molecule has 1 aliphatic rings. The van der Waals surface area contributed by atoms with Gasteiger partial charge < -0.3 is 20.3 Å². The summed E-state index contributed by atoms with van der Waals surface area (Å²) in [5.74, 6) is 0.765. The maximum absolute atomic E-state index is 9.98. The van der Waals surface area contributed by atoms with Crippen LogP contribution in [0.1, 0.15) is 32.1 Å². The summed E-state index contributed by atoms with van der Waals surface area (Å²) in [5, 5.41) is 22.9. The Bertz CT molecular complexity index is 377. The lowest BCUT2D eigenvalue weighted by Crippen LogP contribution is -2.52. The van der Waals surface area contributed by atoms with Gasteiger partial charge in [0.15, 0.2) is 0 Å². The lowest BCUT2D eigenvalue weighted by atomic mass is 9.82. The number of para-hydroxylation sites is 1. The summed E-state index contributed by atoms with van der Waals surface area (Å²) in [6.07, 6.45) is 4.92. The van der Waals surface area contributed by atoms with Crippen molar-refractivity contribution in [1.82, 2.24) is 5.32 Å². The van der Waals surface area contributed by atoms with E-state index in [4.69, 9.17) is 4.74 Å². The van der Waals surface area contributed by atoms with Crippen molar-refractivity contribution in [3.8, 4) is 5.75 Å². The van der Waals surface area contributed by atoms with Crippen molar-refractivity contribution < 1.29 is 14.9 Å². The van der Waals surface area contributed by atoms with E-state index < -0.39 is 6.10 Å². The van der Waals surface area contributed by atoms with Gasteiger partial charge in [-0.05, 0) is 25.0 Å². The SMILES string of the molecule is OCC1(NCC(O)COc2ccccc2)CCCCC1. The molecule has 2 rings (SSSR count). The zero-order chi connectivity index (χ0) is 14.3. The molecule has 0 aliphatic heterocycles. The third kappa shape index (κ3) is 4.47. The topological polar surface area (TPSA) is 61.7 Å². The largest absolute Gasteiger partial charge is 0.491 e. The number of rotatable bonds is 7. The Morgan fingerprint density at radius 3 is 2.50 bits per heavy atom. The summed E-state index contributed by atoms with van der Waals surface area (Å²) in [7, 11) is 0. The van der Waals surface area contributed by atoms with E-state index in [1.165, 1.54) is 6.42 Å². The highest BCUT2D eigenvalue weighted by Gasteiger charge is 2.31. The first kappa shape index (κ1) is 15.3. The molecule has 3 N–H and O–H groups in total. The quantitative estimate of drug-likeness (QED) is 0.711. The van der Waals surface area contributed by atoms with Gasteiger partial charge >= 0.3 is 0 Å². The molecular weight excluding hydrogens is 254 g/mol. The summed E-state index contributed by atoms with van der Waals surface area (Å²) < 4.78 is 5.52. The van der Waals surface area contributed by atoms with Gasteiger partial charge in [-0.3, -0.25) is 0 Å². The van der Waals surface area contributed by atoms with Crippen molar-refractivity contribution in [2.75, 3.05) is 19.8 Å². The fraction of sp³-hybridized carbons (Fsp3) is 0.625. The molecule has 1 fully saturated rings. The molecule has 4 heteroatoms. The summed E-state index contributed by atoms with van der Waals surface area (Å²) in [4.78, 5) is 0. The van der Waals surface area contributed by atoms with E-state index in [0.717, 1.165) is 31.4 Å². The van der Waals surface area contributed by atoms with Crippen LogP contribution in [0.4, 0.5) is 0 Å². The molecule has 1 aromatic rings. The normalized spacial score (nSPS) is 19.5. The number of β-amino-alcohol motifs (C(OH)–C–C–N with tert-alkyl or cyclic N) is 1. The molecule has 1 aromatic carbocycles. The van der Waals surface area contributed by atoms with Crippen molar-refractivity contribution >= 4 is 0 Å². The molecule has 0 amide bonds. The monoisotopic (exact) mass is 279 g/mol. The number of aliphatic hydroxyl groups excluding tert-OH is 2. The van der Waals surface area contributed by atoms with Crippen molar-refractivity contribution in [1.29, 1.82) is 0 Å². The molecule has 0 spiro atoms. The van der Waals surface area contributed by atoms with Gasteiger partial charge in [0.1, 0.15) is 18.5 Å². The van der Waals surface area contributed by atoms with Crippen molar-refractivity contribution in [2.45, 2.75) is 43.7 Å². The van der Waals surface area contributed by atoms with Crippen LogP contribution in [0.5, 0.6) is 5.75 Å². The molecular formula is C16H25NO3. The average Bonchev–Trinajstić information content (AvgIpc) is 2.53. The van der Waals surface area contributed by atoms with Crippen LogP contribution >= 0.6 is 0 Å². The van der Waals surface area contributed by atoms with Crippen LogP contribution in [-0.4, -0.2) is 41.6 Å². The van der Waals surface area contributed by atoms with Gasteiger partial charge in [0.25, 0.3) is 0 Å². The van der Waals surface area contributed by atoms with Crippen LogP contribution in [0.2, 0.25) is 0 Å². The number of nitrogens with one attached hydrogen (secondary N) is 1. The highest BCUT2D eigenvalue weighted by molar-refractivity contribution is 5.20. The van der Waals surface area contributed by atoms with Gasteiger partial charge in [0.2, 0.25) is 0 Å². The number of benzene rings is 1. The minimum Gasteiger partial charge on any atom is -0.491 e. The molecule has 0 aromatic heterocycles. The minimum atomic E-state index is -0.569. The van der Waals surface area contributed by atoms with Crippen molar-refractivity contribution in [3.05, 3.63) is 30.3 Å². The predicted molar refractivity (Wildman–Crippen MR) is 78.8 cm³/mol. The van der Waals surface area contributed by atoms with Crippen LogP contribution in [0.25, 0.3) is 0 Å².